The molecule has 3 aromatic rings. The number of pyridine rings is 1. The number of hydrogen-bond donors (Lipinski definition) is 1. The highest BCUT2D eigenvalue weighted by Gasteiger charge is 2.06. The first-order valence-electron chi connectivity index (χ1n) is 7.02. The van der Waals surface area contributed by atoms with Crippen molar-refractivity contribution in [3.05, 3.63) is 76.4 Å². The van der Waals surface area contributed by atoms with E-state index in [1.165, 1.54) is 16.5 Å². The molecule has 0 atom stereocenters. The molecule has 2 nitrogen and oxygen atoms in total. The van der Waals surface area contributed by atoms with Gasteiger partial charge in [-0.3, -0.25) is 4.98 Å². The Kier molecular flexibility index (Phi) is 4.18. The lowest BCUT2D eigenvalue weighted by molar-refractivity contribution is 0.817. The van der Waals surface area contributed by atoms with Crippen LogP contribution in [-0.2, 0) is 13.0 Å². The van der Waals surface area contributed by atoms with E-state index in [-0.39, 0.29) is 0 Å². The largest absolute Gasteiger partial charge is 0.316 e. The molecule has 106 valence electrons. The van der Waals surface area contributed by atoms with Gasteiger partial charge < -0.3 is 5.32 Å². The number of hydrogen-bond acceptors (Lipinski definition) is 2. The zero-order valence-corrected chi connectivity index (χ0v) is 12.7. The monoisotopic (exact) mass is 296 g/mol. The fraction of sp³-hybridized carbons (Fsp3) is 0.167. The predicted octanol–water partition coefficient (Wildman–Crippen LogP) is 4.20. The lowest BCUT2D eigenvalue weighted by Gasteiger charge is -2.09. The van der Waals surface area contributed by atoms with Gasteiger partial charge in [0, 0.05) is 23.2 Å². The highest BCUT2D eigenvalue weighted by molar-refractivity contribution is 6.31. The van der Waals surface area contributed by atoms with Gasteiger partial charge in [-0.15, -0.1) is 0 Å². The quantitative estimate of drug-likeness (QED) is 0.780. The predicted molar refractivity (Wildman–Crippen MR) is 88.8 cm³/mol. The molecular formula is C18H17ClN2. The van der Waals surface area contributed by atoms with Crippen molar-refractivity contribution in [3.63, 3.8) is 0 Å². The van der Waals surface area contributed by atoms with Gasteiger partial charge in [-0.05, 0) is 48.4 Å². The second-order valence-corrected chi connectivity index (χ2v) is 5.53. The minimum absolute atomic E-state index is 0.821. The van der Waals surface area contributed by atoms with Crippen LogP contribution in [0.25, 0.3) is 10.9 Å². The van der Waals surface area contributed by atoms with Crippen LogP contribution in [0.4, 0.5) is 0 Å². The molecule has 3 rings (SSSR count). The normalized spacial score (nSPS) is 11.0. The summed E-state index contributed by atoms with van der Waals surface area (Å²) in [6.45, 7) is 0.832. The lowest BCUT2D eigenvalue weighted by atomic mass is 10.0. The van der Waals surface area contributed by atoms with Crippen LogP contribution in [0.1, 0.15) is 16.7 Å². The number of para-hydroxylation sites is 1. The summed E-state index contributed by atoms with van der Waals surface area (Å²) in [6, 6.07) is 16.6. The smallest absolute Gasteiger partial charge is 0.0704 e. The van der Waals surface area contributed by atoms with E-state index >= 15 is 0 Å². The van der Waals surface area contributed by atoms with E-state index in [1.54, 1.807) is 0 Å². The fourth-order valence-corrected chi connectivity index (χ4v) is 2.83. The Balaban J connectivity index is 1.95. The van der Waals surface area contributed by atoms with E-state index in [9.17, 15) is 0 Å². The molecule has 0 aliphatic heterocycles. The fourth-order valence-electron chi connectivity index (χ4n) is 2.56. The maximum Gasteiger partial charge on any atom is 0.0704 e. The topological polar surface area (TPSA) is 24.9 Å². The molecule has 0 aliphatic carbocycles. The Bertz CT molecular complexity index is 763. The molecule has 3 heteroatoms. The van der Waals surface area contributed by atoms with E-state index in [0.29, 0.717) is 0 Å². The van der Waals surface area contributed by atoms with Gasteiger partial charge in [0.1, 0.15) is 0 Å². The molecule has 0 unspecified atom stereocenters. The minimum atomic E-state index is 0.821. The maximum atomic E-state index is 6.42. The van der Waals surface area contributed by atoms with E-state index < -0.39 is 0 Å². The Morgan fingerprint density at radius 1 is 1.05 bits per heavy atom. The van der Waals surface area contributed by atoms with E-state index in [4.69, 9.17) is 11.6 Å². The molecule has 0 saturated carbocycles. The zero-order chi connectivity index (χ0) is 14.7. The van der Waals surface area contributed by atoms with Crippen LogP contribution in [0.3, 0.4) is 0 Å². The van der Waals surface area contributed by atoms with Gasteiger partial charge in [0.05, 0.1) is 5.52 Å². The van der Waals surface area contributed by atoms with Gasteiger partial charge in [-0.1, -0.05) is 41.9 Å². The molecule has 21 heavy (non-hydrogen) atoms. The van der Waals surface area contributed by atoms with Crippen molar-refractivity contribution in [2.75, 3.05) is 7.05 Å². The summed E-state index contributed by atoms with van der Waals surface area (Å²) in [4.78, 5) is 4.40. The molecule has 1 aromatic heterocycles. The molecular weight excluding hydrogens is 280 g/mol. The van der Waals surface area contributed by atoms with Gasteiger partial charge in [0.15, 0.2) is 0 Å². The van der Waals surface area contributed by atoms with Crippen molar-refractivity contribution in [1.29, 1.82) is 0 Å². The molecule has 0 bridgehead atoms. The van der Waals surface area contributed by atoms with Crippen LogP contribution in [0.5, 0.6) is 0 Å². The number of rotatable bonds is 4. The van der Waals surface area contributed by atoms with Crippen LogP contribution >= 0.6 is 11.6 Å². The highest BCUT2D eigenvalue weighted by Crippen LogP contribution is 2.24. The van der Waals surface area contributed by atoms with Crippen molar-refractivity contribution >= 4 is 22.5 Å². The van der Waals surface area contributed by atoms with Crippen LogP contribution in [0.2, 0.25) is 5.02 Å². The summed E-state index contributed by atoms with van der Waals surface area (Å²) in [7, 11) is 1.94. The lowest BCUT2D eigenvalue weighted by Crippen LogP contribution is -2.05. The molecule has 2 aromatic carbocycles. The number of halogens is 1. The Morgan fingerprint density at radius 3 is 2.71 bits per heavy atom. The van der Waals surface area contributed by atoms with Crippen molar-refractivity contribution in [3.8, 4) is 0 Å². The SMILES string of the molecule is CNCc1ccc(Cc2ccnc3ccccc23)c(Cl)c1. The van der Waals surface area contributed by atoms with Crippen LogP contribution in [0.15, 0.2) is 54.7 Å². The average molecular weight is 297 g/mol. The first-order chi connectivity index (χ1) is 10.3. The zero-order valence-electron chi connectivity index (χ0n) is 11.9. The average Bonchev–Trinajstić information content (AvgIpc) is 2.51. The van der Waals surface area contributed by atoms with Gasteiger partial charge in [0.25, 0.3) is 0 Å². The summed E-state index contributed by atoms with van der Waals surface area (Å²) in [5, 5.41) is 5.15. The second kappa shape index (κ2) is 6.25. The van der Waals surface area contributed by atoms with E-state index in [1.807, 2.05) is 37.5 Å². The number of benzene rings is 2. The third kappa shape index (κ3) is 3.07. The summed E-state index contributed by atoms with van der Waals surface area (Å²) < 4.78 is 0. The summed E-state index contributed by atoms with van der Waals surface area (Å²) in [5.74, 6) is 0. The molecule has 1 N–H and O–H groups in total. The number of fused-ring (bicyclic) bond motifs is 1. The first kappa shape index (κ1) is 14.1. The molecule has 1 heterocycles. The Morgan fingerprint density at radius 2 is 1.90 bits per heavy atom. The van der Waals surface area contributed by atoms with Crippen molar-refractivity contribution in [2.24, 2.45) is 0 Å². The van der Waals surface area contributed by atoms with Gasteiger partial charge >= 0.3 is 0 Å². The minimum Gasteiger partial charge on any atom is -0.316 e. The van der Waals surface area contributed by atoms with Crippen molar-refractivity contribution < 1.29 is 0 Å². The van der Waals surface area contributed by atoms with Crippen molar-refractivity contribution in [2.45, 2.75) is 13.0 Å². The molecule has 0 spiro atoms. The highest BCUT2D eigenvalue weighted by atomic mass is 35.5. The molecule has 0 aliphatic rings. The summed E-state index contributed by atoms with van der Waals surface area (Å²) in [5.41, 5.74) is 4.63. The molecule has 0 radical (unpaired) electrons. The Labute approximate surface area is 129 Å². The molecule has 0 amide bonds. The van der Waals surface area contributed by atoms with Crippen LogP contribution in [0, 0.1) is 0 Å². The van der Waals surface area contributed by atoms with Crippen LogP contribution in [-0.4, -0.2) is 12.0 Å². The second-order valence-electron chi connectivity index (χ2n) is 5.12. The van der Waals surface area contributed by atoms with Gasteiger partial charge in [-0.25, -0.2) is 0 Å². The molecule has 0 saturated heterocycles. The standard InChI is InChI=1S/C18H17ClN2/c1-20-12-13-6-7-15(17(19)10-13)11-14-8-9-21-18-5-3-2-4-16(14)18/h2-10,20H,11-12H2,1H3. The van der Waals surface area contributed by atoms with Crippen LogP contribution < -0.4 is 5.32 Å². The Hall–Kier alpha value is -1.90. The van der Waals surface area contributed by atoms with Crippen molar-refractivity contribution in [1.82, 2.24) is 10.3 Å². The number of nitrogens with one attached hydrogen (secondary N) is 1. The third-order valence-corrected chi connectivity index (χ3v) is 3.97. The molecule has 0 fully saturated rings. The van der Waals surface area contributed by atoms with Gasteiger partial charge in [-0.2, -0.15) is 0 Å². The van der Waals surface area contributed by atoms with E-state index in [2.05, 4.69) is 34.6 Å². The third-order valence-electron chi connectivity index (χ3n) is 3.62. The number of aromatic nitrogens is 1. The summed E-state index contributed by atoms with van der Waals surface area (Å²) >= 11 is 6.42. The van der Waals surface area contributed by atoms with Gasteiger partial charge in [0.2, 0.25) is 0 Å². The maximum absolute atomic E-state index is 6.42. The van der Waals surface area contributed by atoms with E-state index in [0.717, 1.165) is 29.1 Å². The first-order valence-corrected chi connectivity index (χ1v) is 7.40. The summed E-state index contributed by atoms with van der Waals surface area (Å²) in [6.07, 6.45) is 2.68. The number of nitrogens with zero attached hydrogens (tertiary/aromatic N) is 1.